The van der Waals surface area contributed by atoms with E-state index < -0.39 is 16.5 Å². The van der Waals surface area contributed by atoms with Crippen molar-refractivity contribution in [3.63, 3.8) is 0 Å². The summed E-state index contributed by atoms with van der Waals surface area (Å²) in [5.41, 5.74) is -0.363. The second-order valence-electron chi connectivity index (χ2n) is 6.52. The fourth-order valence-electron chi connectivity index (χ4n) is 3.80. The molecule has 0 saturated carbocycles. The van der Waals surface area contributed by atoms with E-state index in [9.17, 15) is 25.1 Å². The highest BCUT2D eigenvalue weighted by Gasteiger charge is 2.54. The molecule has 28 heavy (non-hydrogen) atoms. The molecule has 0 unspecified atom stereocenters. The smallest absolute Gasteiger partial charge is 0.340 e. The van der Waals surface area contributed by atoms with Crippen molar-refractivity contribution in [3.8, 4) is 23.0 Å². The van der Waals surface area contributed by atoms with Gasteiger partial charge in [0.1, 0.15) is 23.0 Å². The van der Waals surface area contributed by atoms with E-state index in [0.717, 1.165) is 0 Å². The number of aromatic hydroxyl groups is 2. The molecule has 3 aromatic rings. The van der Waals surface area contributed by atoms with Crippen molar-refractivity contribution in [1.29, 1.82) is 0 Å². The summed E-state index contributed by atoms with van der Waals surface area (Å²) in [6, 6.07) is 12.5. The number of hydrogen-bond donors (Lipinski definition) is 2. The van der Waals surface area contributed by atoms with Crippen LogP contribution in [-0.2, 0) is 10.3 Å². The maximum atomic E-state index is 12.6. The Kier molecular flexibility index (Phi) is 3.01. The summed E-state index contributed by atoms with van der Waals surface area (Å²) in [5, 5.41) is 31.0. The molecule has 2 heterocycles. The largest absolute Gasteiger partial charge is 0.508 e. The highest BCUT2D eigenvalue weighted by Crippen LogP contribution is 2.57. The number of fused-ring (bicyclic) bond motifs is 6. The van der Waals surface area contributed by atoms with Crippen LogP contribution >= 0.6 is 0 Å². The average Bonchev–Trinajstić information content (AvgIpc) is 2.94. The summed E-state index contributed by atoms with van der Waals surface area (Å²) in [6.07, 6.45) is 0. The lowest BCUT2D eigenvalue weighted by molar-refractivity contribution is -0.385. The second-order valence-corrected chi connectivity index (χ2v) is 6.52. The molecule has 0 aliphatic carbocycles. The molecule has 1 spiro atoms. The summed E-state index contributed by atoms with van der Waals surface area (Å²) in [6.45, 7) is 0. The number of non-ortho nitro benzene ring substituents is 1. The molecule has 2 aliphatic rings. The van der Waals surface area contributed by atoms with Gasteiger partial charge in [-0.15, -0.1) is 0 Å². The molecule has 0 fully saturated rings. The van der Waals surface area contributed by atoms with Crippen LogP contribution in [0.2, 0.25) is 0 Å². The van der Waals surface area contributed by atoms with Crippen molar-refractivity contribution < 1.29 is 29.4 Å². The summed E-state index contributed by atoms with van der Waals surface area (Å²) < 4.78 is 11.6. The Labute approximate surface area is 157 Å². The van der Waals surface area contributed by atoms with Crippen molar-refractivity contribution in [3.05, 3.63) is 87.0 Å². The maximum absolute atomic E-state index is 12.6. The summed E-state index contributed by atoms with van der Waals surface area (Å²) in [7, 11) is 0. The molecule has 2 aliphatic heterocycles. The van der Waals surface area contributed by atoms with Crippen LogP contribution in [0.1, 0.15) is 27.0 Å². The van der Waals surface area contributed by atoms with Crippen LogP contribution in [0.25, 0.3) is 0 Å². The quantitative estimate of drug-likeness (QED) is 0.378. The molecule has 5 rings (SSSR count). The number of benzene rings is 3. The highest BCUT2D eigenvalue weighted by molar-refractivity contribution is 5.97. The minimum atomic E-state index is -1.50. The van der Waals surface area contributed by atoms with Crippen molar-refractivity contribution in [2.75, 3.05) is 0 Å². The van der Waals surface area contributed by atoms with Gasteiger partial charge in [0, 0.05) is 41.0 Å². The zero-order valence-corrected chi connectivity index (χ0v) is 14.1. The van der Waals surface area contributed by atoms with Crippen LogP contribution in [0, 0.1) is 10.1 Å². The second kappa shape index (κ2) is 5.23. The van der Waals surface area contributed by atoms with Crippen LogP contribution in [0.4, 0.5) is 5.69 Å². The lowest BCUT2D eigenvalue weighted by atomic mass is 9.77. The van der Waals surface area contributed by atoms with Crippen LogP contribution < -0.4 is 4.74 Å². The third-order valence-electron chi connectivity index (χ3n) is 4.97. The Morgan fingerprint density at radius 2 is 1.46 bits per heavy atom. The lowest BCUT2D eigenvalue weighted by Crippen LogP contribution is -2.33. The van der Waals surface area contributed by atoms with E-state index in [1.54, 1.807) is 12.1 Å². The first-order chi connectivity index (χ1) is 13.4. The molecule has 8 heteroatoms. The van der Waals surface area contributed by atoms with Gasteiger partial charge < -0.3 is 19.7 Å². The topological polar surface area (TPSA) is 119 Å². The first kappa shape index (κ1) is 16.1. The Morgan fingerprint density at radius 3 is 2.04 bits per heavy atom. The minimum absolute atomic E-state index is 0.0684. The molecule has 0 radical (unpaired) electrons. The maximum Gasteiger partial charge on any atom is 0.340 e. The van der Waals surface area contributed by atoms with E-state index >= 15 is 0 Å². The number of phenolic OH excluding ortho intramolecular Hbond substituents is 2. The van der Waals surface area contributed by atoms with Crippen molar-refractivity contribution in [2.24, 2.45) is 0 Å². The molecule has 2 N–H and O–H groups in total. The van der Waals surface area contributed by atoms with E-state index in [1.807, 2.05) is 0 Å². The molecule has 0 saturated heterocycles. The number of nitro groups is 1. The van der Waals surface area contributed by atoms with Gasteiger partial charge in [-0.25, -0.2) is 4.79 Å². The number of nitrogens with zero attached hydrogens (tertiary/aromatic N) is 1. The summed E-state index contributed by atoms with van der Waals surface area (Å²) in [5.74, 6) is -0.345. The Hall–Kier alpha value is -4.07. The van der Waals surface area contributed by atoms with Crippen molar-refractivity contribution >= 4 is 11.7 Å². The normalized spacial score (nSPS) is 15.2. The highest BCUT2D eigenvalue weighted by atomic mass is 16.6. The van der Waals surface area contributed by atoms with Gasteiger partial charge in [0.25, 0.3) is 5.69 Å². The van der Waals surface area contributed by atoms with Crippen LogP contribution in [0.5, 0.6) is 23.0 Å². The van der Waals surface area contributed by atoms with E-state index in [1.165, 1.54) is 42.5 Å². The van der Waals surface area contributed by atoms with Gasteiger partial charge >= 0.3 is 5.97 Å². The van der Waals surface area contributed by atoms with Gasteiger partial charge in [-0.3, -0.25) is 10.1 Å². The molecule has 138 valence electrons. The molecule has 8 nitrogen and oxygen atoms in total. The fourth-order valence-corrected chi connectivity index (χ4v) is 3.80. The Morgan fingerprint density at radius 1 is 0.857 bits per heavy atom. The molecule has 0 amide bonds. The van der Waals surface area contributed by atoms with Gasteiger partial charge in [-0.2, -0.15) is 0 Å². The minimum Gasteiger partial charge on any atom is -0.508 e. The SMILES string of the molecule is O=C1OC2(c3ccc(O)cc3Oc3cc(O)ccc32)c2cc([N+](=O)[O-])ccc21. The number of carbonyl (C=O) groups excluding carboxylic acids is 1. The number of phenols is 2. The lowest BCUT2D eigenvalue weighted by Gasteiger charge is -2.36. The zero-order valence-electron chi connectivity index (χ0n) is 14.1. The average molecular weight is 377 g/mol. The zero-order chi connectivity index (χ0) is 19.6. The summed E-state index contributed by atoms with van der Waals surface area (Å²) >= 11 is 0. The molecular formula is C20H11NO7. The van der Waals surface area contributed by atoms with Crippen LogP contribution in [0.3, 0.4) is 0 Å². The molecule has 0 aromatic heterocycles. The third kappa shape index (κ3) is 1.96. The van der Waals surface area contributed by atoms with Crippen LogP contribution in [-0.4, -0.2) is 21.1 Å². The number of esters is 1. The Bertz CT molecular complexity index is 1150. The van der Waals surface area contributed by atoms with E-state index in [4.69, 9.17) is 9.47 Å². The molecular weight excluding hydrogens is 366 g/mol. The number of nitro benzene ring substituents is 1. The van der Waals surface area contributed by atoms with E-state index in [0.29, 0.717) is 16.7 Å². The molecule has 0 bridgehead atoms. The van der Waals surface area contributed by atoms with Crippen LogP contribution in [0.15, 0.2) is 54.6 Å². The third-order valence-corrected chi connectivity index (χ3v) is 4.97. The van der Waals surface area contributed by atoms with Gasteiger partial charge in [-0.1, -0.05) is 0 Å². The molecule has 0 atom stereocenters. The number of rotatable bonds is 1. The number of hydrogen-bond acceptors (Lipinski definition) is 7. The number of ether oxygens (including phenoxy) is 2. The van der Waals surface area contributed by atoms with E-state index in [-0.39, 0.29) is 34.2 Å². The Balaban J connectivity index is 1.90. The monoisotopic (exact) mass is 377 g/mol. The standard InChI is InChI=1S/C20H11NO7/c22-11-2-5-14-17(8-11)27-18-9-12(23)3-6-15(18)20(14)16-7-10(21(25)26)1-4-13(16)19(24)28-20/h1-9,22-23H. The van der Waals surface area contributed by atoms with Gasteiger partial charge in [0.2, 0.25) is 0 Å². The number of carbonyl (C=O) groups is 1. The molecule has 3 aromatic carbocycles. The first-order valence-corrected chi connectivity index (χ1v) is 8.27. The summed E-state index contributed by atoms with van der Waals surface area (Å²) in [4.78, 5) is 23.4. The van der Waals surface area contributed by atoms with E-state index in [2.05, 4.69) is 0 Å². The first-order valence-electron chi connectivity index (χ1n) is 8.27. The predicted octanol–water partition coefficient (Wildman–Crippen LogP) is 3.57. The predicted molar refractivity (Wildman–Crippen MR) is 94.7 cm³/mol. The van der Waals surface area contributed by atoms with Gasteiger partial charge in [0.05, 0.1) is 10.5 Å². The van der Waals surface area contributed by atoms with Crippen molar-refractivity contribution in [1.82, 2.24) is 0 Å². The van der Waals surface area contributed by atoms with Gasteiger partial charge in [-0.05, 0) is 30.3 Å². The van der Waals surface area contributed by atoms with Crippen molar-refractivity contribution in [2.45, 2.75) is 5.60 Å². The van der Waals surface area contributed by atoms with Gasteiger partial charge in [0.15, 0.2) is 5.60 Å². The fraction of sp³-hybridized carbons (Fsp3) is 0.0500.